The first-order valence-corrected chi connectivity index (χ1v) is 7.53. The number of nitrogens with two attached hydrogens (primary N) is 1. The molecule has 98 valence electrons. The Hall–Kier alpha value is -0.0400. The maximum atomic E-state index is 5.71. The van der Waals surface area contributed by atoms with Crippen LogP contribution in [0.2, 0.25) is 0 Å². The van der Waals surface area contributed by atoms with Crippen LogP contribution in [0.4, 0.5) is 0 Å². The maximum Gasteiger partial charge on any atom is 0.00104 e. The zero-order valence-corrected chi connectivity index (χ0v) is 11.6. The molecule has 0 fully saturated rings. The molecular formula is C15H33N. The minimum absolute atomic E-state index is 0.401. The van der Waals surface area contributed by atoms with Crippen molar-refractivity contribution in [2.45, 2.75) is 96.9 Å². The summed E-state index contributed by atoms with van der Waals surface area (Å²) >= 11 is 0. The van der Waals surface area contributed by atoms with Gasteiger partial charge in [0, 0.05) is 6.04 Å². The molecule has 1 nitrogen and oxygen atoms in total. The monoisotopic (exact) mass is 227 g/mol. The van der Waals surface area contributed by atoms with Gasteiger partial charge in [-0.25, -0.2) is 0 Å². The third-order valence-corrected chi connectivity index (χ3v) is 3.26. The first-order valence-electron chi connectivity index (χ1n) is 7.53. The van der Waals surface area contributed by atoms with Gasteiger partial charge in [-0.1, -0.05) is 77.6 Å². The van der Waals surface area contributed by atoms with Gasteiger partial charge < -0.3 is 5.73 Å². The SMILES string of the molecule is CCCCCCCCCCCCC[C@H](C)N. The lowest BCUT2D eigenvalue weighted by Gasteiger charge is -2.04. The Morgan fingerprint density at radius 3 is 1.44 bits per heavy atom. The second kappa shape index (κ2) is 13.0. The highest BCUT2D eigenvalue weighted by Gasteiger charge is 1.95. The number of unbranched alkanes of at least 4 members (excludes halogenated alkanes) is 10. The van der Waals surface area contributed by atoms with Crippen molar-refractivity contribution >= 4 is 0 Å². The second-order valence-corrected chi connectivity index (χ2v) is 5.30. The maximum absolute atomic E-state index is 5.71. The van der Waals surface area contributed by atoms with E-state index in [0.29, 0.717) is 6.04 Å². The highest BCUT2D eigenvalue weighted by Crippen LogP contribution is 2.12. The molecule has 0 heterocycles. The van der Waals surface area contributed by atoms with Crippen LogP contribution in [-0.2, 0) is 0 Å². The quantitative estimate of drug-likeness (QED) is 0.465. The van der Waals surface area contributed by atoms with Crippen LogP contribution in [0.3, 0.4) is 0 Å². The van der Waals surface area contributed by atoms with E-state index in [1.165, 1.54) is 77.0 Å². The molecule has 0 aromatic heterocycles. The molecule has 0 saturated carbocycles. The Bertz CT molecular complexity index is 121. The smallest absolute Gasteiger partial charge is 0.00104 e. The summed E-state index contributed by atoms with van der Waals surface area (Å²) in [6, 6.07) is 0.401. The lowest BCUT2D eigenvalue weighted by Crippen LogP contribution is -2.13. The van der Waals surface area contributed by atoms with Crippen LogP contribution in [-0.4, -0.2) is 6.04 Å². The van der Waals surface area contributed by atoms with Crippen molar-refractivity contribution in [3.05, 3.63) is 0 Å². The third-order valence-electron chi connectivity index (χ3n) is 3.26. The standard InChI is InChI=1S/C15H33N/c1-3-4-5-6-7-8-9-10-11-12-13-14-15(2)16/h15H,3-14,16H2,1-2H3/t15-/m0/s1. The predicted molar refractivity (Wildman–Crippen MR) is 74.7 cm³/mol. The average molecular weight is 227 g/mol. The van der Waals surface area contributed by atoms with Crippen LogP contribution >= 0.6 is 0 Å². The van der Waals surface area contributed by atoms with E-state index in [2.05, 4.69) is 13.8 Å². The summed E-state index contributed by atoms with van der Waals surface area (Å²) in [6.45, 7) is 4.39. The van der Waals surface area contributed by atoms with Crippen molar-refractivity contribution in [1.29, 1.82) is 0 Å². The van der Waals surface area contributed by atoms with Gasteiger partial charge in [0.05, 0.1) is 0 Å². The Morgan fingerprint density at radius 1 is 0.688 bits per heavy atom. The molecule has 0 aromatic carbocycles. The van der Waals surface area contributed by atoms with Crippen molar-refractivity contribution in [2.24, 2.45) is 5.73 Å². The average Bonchev–Trinajstić information content (AvgIpc) is 2.25. The van der Waals surface area contributed by atoms with Crippen LogP contribution < -0.4 is 5.73 Å². The third kappa shape index (κ3) is 14.0. The predicted octanol–water partition coefficient (Wildman–Crippen LogP) is 5.03. The number of hydrogen-bond acceptors (Lipinski definition) is 1. The molecule has 0 aliphatic carbocycles. The fourth-order valence-corrected chi connectivity index (χ4v) is 2.13. The number of rotatable bonds is 12. The molecule has 0 aliphatic heterocycles. The van der Waals surface area contributed by atoms with Crippen LogP contribution in [0, 0.1) is 0 Å². The molecule has 0 aliphatic rings. The summed E-state index contributed by atoms with van der Waals surface area (Å²) in [4.78, 5) is 0. The van der Waals surface area contributed by atoms with Crippen LogP contribution in [0.5, 0.6) is 0 Å². The van der Waals surface area contributed by atoms with E-state index in [9.17, 15) is 0 Å². The molecule has 1 atom stereocenters. The topological polar surface area (TPSA) is 26.0 Å². The molecule has 16 heavy (non-hydrogen) atoms. The summed E-state index contributed by atoms with van der Waals surface area (Å²) in [7, 11) is 0. The summed E-state index contributed by atoms with van der Waals surface area (Å²) in [6.07, 6.45) is 16.8. The van der Waals surface area contributed by atoms with Gasteiger partial charge in [-0.05, 0) is 13.3 Å². The minimum Gasteiger partial charge on any atom is -0.328 e. The van der Waals surface area contributed by atoms with Gasteiger partial charge in [-0.3, -0.25) is 0 Å². The van der Waals surface area contributed by atoms with Crippen LogP contribution in [0.25, 0.3) is 0 Å². The van der Waals surface area contributed by atoms with Gasteiger partial charge in [0.15, 0.2) is 0 Å². The molecule has 2 N–H and O–H groups in total. The summed E-state index contributed by atoms with van der Waals surface area (Å²) in [5.41, 5.74) is 5.71. The van der Waals surface area contributed by atoms with Crippen LogP contribution in [0.15, 0.2) is 0 Å². The molecule has 1 heteroatoms. The summed E-state index contributed by atoms with van der Waals surface area (Å²) in [5, 5.41) is 0. The van der Waals surface area contributed by atoms with E-state index < -0.39 is 0 Å². The molecule has 0 bridgehead atoms. The Labute approximate surface area is 103 Å². The first-order chi connectivity index (χ1) is 7.77. The van der Waals surface area contributed by atoms with E-state index in [-0.39, 0.29) is 0 Å². The molecule has 0 rings (SSSR count). The lowest BCUT2D eigenvalue weighted by atomic mass is 10.0. The summed E-state index contributed by atoms with van der Waals surface area (Å²) in [5.74, 6) is 0. The fourth-order valence-electron chi connectivity index (χ4n) is 2.13. The van der Waals surface area contributed by atoms with Gasteiger partial charge in [0.25, 0.3) is 0 Å². The van der Waals surface area contributed by atoms with Crippen molar-refractivity contribution in [3.63, 3.8) is 0 Å². The number of hydrogen-bond donors (Lipinski definition) is 1. The normalized spacial score (nSPS) is 12.9. The van der Waals surface area contributed by atoms with E-state index >= 15 is 0 Å². The van der Waals surface area contributed by atoms with Crippen molar-refractivity contribution < 1.29 is 0 Å². The zero-order valence-electron chi connectivity index (χ0n) is 11.6. The zero-order chi connectivity index (χ0) is 12.1. The minimum atomic E-state index is 0.401. The van der Waals surface area contributed by atoms with Gasteiger partial charge in [-0.15, -0.1) is 0 Å². The van der Waals surface area contributed by atoms with Crippen molar-refractivity contribution in [3.8, 4) is 0 Å². The van der Waals surface area contributed by atoms with Gasteiger partial charge >= 0.3 is 0 Å². The molecule has 0 aromatic rings. The Balaban J connectivity index is 2.88. The summed E-state index contributed by atoms with van der Waals surface area (Å²) < 4.78 is 0. The second-order valence-electron chi connectivity index (χ2n) is 5.30. The van der Waals surface area contributed by atoms with E-state index in [4.69, 9.17) is 5.73 Å². The highest BCUT2D eigenvalue weighted by molar-refractivity contribution is 4.53. The van der Waals surface area contributed by atoms with Crippen LogP contribution in [0.1, 0.15) is 90.9 Å². The van der Waals surface area contributed by atoms with Gasteiger partial charge in [-0.2, -0.15) is 0 Å². The molecule has 0 saturated heterocycles. The van der Waals surface area contributed by atoms with Gasteiger partial charge in [0.1, 0.15) is 0 Å². The van der Waals surface area contributed by atoms with Crippen molar-refractivity contribution in [2.75, 3.05) is 0 Å². The van der Waals surface area contributed by atoms with E-state index in [1.54, 1.807) is 0 Å². The van der Waals surface area contributed by atoms with Crippen molar-refractivity contribution in [1.82, 2.24) is 0 Å². The van der Waals surface area contributed by atoms with Gasteiger partial charge in [0.2, 0.25) is 0 Å². The molecule has 0 amide bonds. The Kier molecular flexibility index (Phi) is 13.0. The molecule has 0 unspecified atom stereocenters. The largest absolute Gasteiger partial charge is 0.328 e. The van der Waals surface area contributed by atoms with E-state index in [0.717, 1.165) is 0 Å². The Morgan fingerprint density at radius 2 is 1.06 bits per heavy atom. The lowest BCUT2D eigenvalue weighted by molar-refractivity contribution is 0.530. The molecular weight excluding hydrogens is 194 g/mol. The highest BCUT2D eigenvalue weighted by atomic mass is 14.6. The van der Waals surface area contributed by atoms with E-state index in [1.807, 2.05) is 0 Å². The fraction of sp³-hybridized carbons (Fsp3) is 1.00. The molecule has 0 radical (unpaired) electrons. The molecule has 0 spiro atoms. The first kappa shape index (κ1) is 16.0.